The summed E-state index contributed by atoms with van der Waals surface area (Å²) in [5.41, 5.74) is 5.70. The smallest absolute Gasteiger partial charge is 0.250 e. The Morgan fingerprint density at radius 3 is 2.43 bits per heavy atom. The minimum Gasteiger partial charge on any atom is -0.393 e. The number of likely N-dealkylation sites (tertiary alicyclic amines) is 1. The summed E-state index contributed by atoms with van der Waals surface area (Å²) in [6, 6.07) is 3.63. The number of aliphatic hydroxyl groups is 1. The molecule has 0 bridgehead atoms. The molecule has 2 fully saturated rings. The third-order valence-corrected chi connectivity index (χ3v) is 5.04. The van der Waals surface area contributed by atoms with Gasteiger partial charge in [-0.15, -0.1) is 0 Å². The Bertz CT molecular complexity index is 518. The highest BCUT2D eigenvalue weighted by Gasteiger charge is 2.24. The Morgan fingerprint density at radius 1 is 1.17 bits per heavy atom. The van der Waals surface area contributed by atoms with E-state index in [1.54, 1.807) is 12.3 Å². The van der Waals surface area contributed by atoms with Crippen molar-refractivity contribution in [3.8, 4) is 0 Å². The number of nitrogens with two attached hydrogens (primary N) is 1. The second kappa shape index (κ2) is 7.27. The van der Waals surface area contributed by atoms with Crippen LogP contribution in [-0.4, -0.2) is 59.7 Å². The lowest BCUT2D eigenvalue weighted by Gasteiger charge is -2.37. The van der Waals surface area contributed by atoms with Gasteiger partial charge in [0.05, 0.1) is 11.7 Å². The Kier molecular flexibility index (Phi) is 5.13. The second-order valence-electron chi connectivity index (χ2n) is 6.73. The zero-order valence-corrected chi connectivity index (χ0v) is 13.5. The van der Waals surface area contributed by atoms with Gasteiger partial charge in [-0.3, -0.25) is 4.79 Å². The van der Waals surface area contributed by atoms with Gasteiger partial charge in [-0.05, 0) is 43.7 Å². The van der Waals surface area contributed by atoms with Gasteiger partial charge >= 0.3 is 0 Å². The van der Waals surface area contributed by atoms with Crippen LogP contribution in [0.4, 0.5) is 5.82 Å². The zero-order valence-electron chi connectivity index (χ0n) is 13.5. The summed E-state index contributed by atoms with van der Waals surface area (Å²) in [4.78, 5) is 20.2. The van der Waals surface area contributed by atoms with Gasteiger partial charge in [0, 0.05) is 38.9 Å². The van der Waals surface area contributed by atoms with Crippen molar-refractivity contribution in [3.05, 3.63) is 23.9 Å². The van der Waals surface area contributed by atoms with E-state index in [4.69, 9.17) is 5.73 Å². The number of aromatic nitrogens is 1. The van der Waals surface area contributed by atoms with Crippen molar-refractivity contribution in [2.24, 2.45) is 11.7 Å². The van der Waals surface area contributed by atoms with Crippen LogP contribution in [0.1, 0.15) is 36.0 Å². The van der Waals surface area contributed by atoms with Crippen LogP contribution in [0.15, 0.2) is 18.3 Å². The van der Waals surface area contributed by atoms with E-state index in [0.717, 1.165) is 70.1 Å². The Labute approximate surface area is 137 Å². The van der Waals surface area contributed by atoms with Gasteiger partial charge in [0.25, 0.3) is 0 Å². The number of carbonyl (C=O) groups excluding carboxylic acids is 1. The maximum atomic E-state index is 11.1. The summed E-state index contributed by atoms with van der Waals surface area (Å²) in [6.07, 6.45) is 5.62. The number of carbonyl (C=O) groups is 1. The molecule has 2 aliphatic rings. The summed E-state index contributed by atoms with van der Waals surface area (Å²) in [5.74, 6) is 1.22. The molecule has 1 aromatic heterocycles. The van der Waals surface area contributed by atoms with Crippen molar-refractivity contribution in [1.82, 2.24) is 9.88 Å². The molecule has 0 aliphatic carbocycles. The van der Waals surface area contributed by atoms with Crippen LogP contribution in [0.2, 0.25) is 0 Å². The van der Waals surface area contributed by atoms with Crippen LogP contribution in [0.3, 0.4) is 0 Å². The van der Waals surface area contributed by atoms with Crippen molar-refractivity contribution >= 4 is 11.7 Å². The van der Waals surface area contributed by atoms with E-state index in [2.05, 4.69) is 14.8 Å². The number of hydrogen-bond acceptors (Lipinski definition) is 5. The lowest BCUT2D eigenvalue weighted by atomic mass is 9.95. The van der Waals surface area contributed by atoms with Crippen molar-refractivity contribution in [3.63, 3.8) is 0 Å². The Balaban J connectivity index is 1.47. The third kappa shape index (κ3) is 4.20. The van der Waals surface area contributed by atoms with Crippen LogP contribution >= 0.6 is 0 Å². The van der Waals surface area contributed by atoms with E-state index in [1.807, 2.05) is 6.07 Å². The standard InChI is InChI=1S/C17H26N4O2/c18-17(23)14-1-2-16(19-11-14)21-9-3-13(4-10-21)12-20-7-5-15(22)6-8-20/h1-2,11,13,15,22H,3-10,12H2,(H2,18,23). The fraction of sp³-hybridized carbons (Fsp3) is 0.647. The highest BCUT2D eigenvalue weighted by Crippen LogP contribution is 2.23. The number of anilines is 1. The number of amides is 1. The number of piperidine rings is 2. The number of primary amides is 1. The fourth-order valence-electron chi connectivity index (χ4n) is 3.53. The summed E-state index contributed by atoms with van der Waals surface area (Å²) < 4.78 is 0. The molecule has 0 unspecified atom stereocenters. The molecular weight excluding hydrogens is 292 g/mol. The summed E-state index contributed by atoms with van der Waals surface area (Å²) >= 11 is 0. The fourth-order valence-corrected chi connectivity index (χ4v) is 3.53. The predicted molar refractivity (Wildman–Crippen MR) is 89.4 cm³/mol. The molecule has 23 heavy (non-hydrogen) atoms. The summed E-state index contributed by atoms with van der Waals surface area (Å²) in [7, 11) is 0. The molecule has 0 spiro atoms. The number of hydrogen-bond donors (Lipinski definition) is 2. The van der Waals surface area contributed by atoms with E-state index in [9.17, 15) is 9.90 Å². The third-order valence-electron chi connectivity index (χ3n) is 5.04. The maximum absolute atomic E-state index is 11.1. The largest absolute Gasteiger partial charge is 0.393 e. The van der Waals surface area contributed by atoms with Gasteiger partial charge in [-0.2, -0.15) is 0 Å². The summed E-state index contributed by atoms with van der Waals surface area (Å²) in [5, 5.41) is 9.58. The van der Waals surface area contributed by atoms with Crippen molar-refractivity contribution in [2.75, 3.05) is 37.6 Å². The first kappa shape index (κ1) is 16.2. The van der Waals surface area contributed by atoms with Crippen LogP contribution in [0.5, 0.6) is 0 Å². The molecule has 1 aromatic rings. The Morgan fingerprint density at radius 2 is 1.87 bits per heavy atom. The van der Waals surface area contributed by atoms with Gasteiger partial charge in [0.1, 0.15) is 5.82 Å². The first-order valence-electron chi connectivity index (χ1n) is 8.53. The SMILES string of the molecule is NC(=O)c1ccc(N2CCC(CN3CCC(O)CC3)CC2)nc1. The second-order valence-corrected chi connectivity index (χ2v) is 6.73. The molecule has 0 radical (unpaired) electrons. The molecule has 6 heteroatoms. The molecule has 6 nitrogen and oxygen atoms in total. The summed E-state index contributed by atoms with van der Waals surface area (Å²) in [6.45, 7) is 5.21. The van der Waals surface area contributed by atoms with Crippen molar-refractivity contribution in [1.29, 1.82) is 0 Å². The van der Waals surface area contributed by atoms with Crippen LogP contribution < -0.4 is 10.6 Å². The van der Waals surface area contributed by atoms with E-state index >= 15 is 0 Å². The molecule has 0 atom stereocenters. The lowest BCUT2D eigenvalue weighted by molar-refractivity contribution is 0.0724. The minimum absolute atomic E-state index is 0.0949. The minimum atomic E-state index is -0.436. The molecule has 2 aliphatic heterocycles. The van der Waals surface area contributed by atoms with E-state index in [0.29, 0.717) is 5.56 Å². The van der Waals surface area contributed by atoms with Gasteiger partial charge in [0.2, 0.25) is 5.91 Å². The average molecular weight is 318 g/mol. The van der Waals surface area contributed by atoms with Crippen LogP contribution in [0, 0.1) is 5.92 Å². The number of nitrogens with zero attached hydrogens (tertiary/aromatic N) is 3. The van der Waals surface area contributed by atoms with Crippen molar-refractivity contribution in [2.45, 2.75) is 31.8 Å². The maximum Gasteiger partial charge on any atom is 0.250 e. The number of rotatable bonds is 4. The zero-order chi connectivity index (χ0) is 16.2. The highest BCUT2D eigenvalue weighted by atomic mass is 16.3. The van der Waals surface area contributed by atoms with E-state index < -0.39 is 5.91 Å². The molecular formula is C17H26N4O2. The van der Waals surface area contributed by atoms with Gasteiger partial charge < -0.3 is 20.6 Å². The molecule has 126 valence electrons. The first-order chi connectivity index (χ1) is 11.1. The normalized spacial score (nSPS) is 21.5. The molecule has 0 aromatic carbocycles. The van der Waals surface area contributed by atoms with Gasteiger partial charge in [0.15, 0.2) is 0 Å². The number of pyridine rings is 1. The monoisotopic (exact) mass is 318 g/mol. The highest BCUT2D eigenvalue weighted by molar-refractivity contribution is 5.92. The topological polar surface area (TPSA) is 82.7 Å². The Hall–Kier alpha value is -1.66. The van der Waals surface area contributed by atoms with Crippen LogP contribution in [0.25, 0.3) is 0 Å². The molecule has 1 amide bonds. The predicted octanol–water partition coefficient (Wildman–Crippen LogP) is 0.854. The molecule has 2 saturated heterocycles. The average Bonchev–Trinajstić information content (AvgIpc) is 2.58. The van der Waals surface area contributed by atoms with E-state index in [-0.39, 0.29) is 6.10 Å². The van der Waals surface area contributed by atoms with Crippen LogP contribution in [-0.2, 0) is 0 Å². The molecule has 3 N–H and O–H groups in total. The number of aliphatic hydroxyl groups excluding tert-OH is 1. The van der Waals surface area contributed by atoms with Gasteiger partial charge in [-0.25, -0.2) is 4.98 Å². The first-order valence-corrected chi connectivity index (χ1v) is 8.53. The van der Waals surface area contributed by atoms with E-state index in [1.165, 1.54) is 0 Å². The lowest BCUT2D eigenvalue weighted by Crippen LogP contribution is -2.42. The molecule has 0 saturated carbocycles. The van der Waals surface area contributed by atoms with Gasteiger partial charge in [-0.1, -0.05) is 0 Å². The quantitative estimate of drug-likeness (QED) is 0.860. The molecule has 3 rings (SSSR count). The molecule has 3 heterocycles. The van der Waals surface area contributed by atoms with Crippen molar-refractivity contribution < 1.29 is 9.90 Å².